The van der Waals surface area contributed by atoms with Crippen LogP contribution in [-0.2, 0) is 0 Å². The second kappa shape index (κ2) is 6.19. The van der Waals surface area contributed by atoms with Crippen LogP contribution in [0.1, 0.15) is 10.5 Å². The van der Waals surface area contributed by atoms with E-state index in [1.165, 1.54) is 16.9 Å². The first-order valence-corrected chi connectivity index (χ1v) is 5.99. The number of nitrogens with two attached hydrogens (primary N) is 1. The number of hydrazone groups is 1. The van der Waals surface area contributed by atoms with Crippen LogP contribution in [0.25, 0.3) is 5.69 Å². The van der Waals surface area contributed by atoms with Crippen LogP contribution in [-0.4, -0.2) is 32.4 Å². The summed E-state index contributed by atoms with van der Waals surface area (Å²) < 4.78 is 1.42. The molecule has 2 aromatic rings. The Labute approximate surface area is 124 Å². The lowest BCUT2D eigenvalue weighted by atomic mass is 10.3. The van der Waals surface area contributed by atoms with Crippen molar-refractivity contribution >= 4 is 23.2 Å². The lowest BCUT2D eigenvalue weighted by Gasteiger charge is -2.04. The third kappa shape index (κ3) is 3.26. The smallest absolute Gasteiger partial charge is 0.356 e. The minimum Gasteiger partial charge on any atom is -0.476 e. The van der Waals surface area contributed by atoms with Crippen molar-refractivity contribution < 1.29 is 9.90 Å². The quantitative estimate of drug-likeness (QED) is 0.363. The van der Waals surface area contributed by atoms with Gasteiger partial charge in [0.05, 0.1) is 11.4 Å². The van der Waals surface area contributed by atoms with Gasteiger partial charge < -0.3 is 10.8 Å². The number of anilines is 1. The van der Waals surface area contributed by atoms with Gasteiger partial charge in [0.25, 0.3) is 0 Å². The summed E-state index contributed by atoms with van der Waals surface area (Å²) in [6.07, 6.45) is 1.54. The van der Waals surface area contributed by atoms with Crippen LogP contribution in [0.4, 0.5) is 5.69 Å². The van der Waals surface area contributed by atoms with E-state index < -0.39 is 11.8 Å². The molecule has 0 aliphatic carbocycles. The number of carboxylic acid groups (broad SMARTS) is 1. The fraction of sp³-hybridized carbons (Fsp3) is 0. The van der Waals surface area contributed by atoms with Crippen molar-refractivity contribution in [3.8, 4) is 11.8 Å². The van der Waals surface area contributed by atoms with Crippen molar-refractivity contribution in [3.63, 3.8) is 0 Å². The molecule has 0 saturated heterocycles. The number of carbonyl (C=O) groups is 1. The second-order valence-electron chi connectivity index (χ2n) is 4.10. The number of nitrogens with zero attached hydrogens (tertiary/aromatic N) is 4. The molecule has 1 heterocycles. The number of nitrogens with one attached hydrogen (secondary N) is 2. The normalized spacial score (nSPS) is 10.8. The minimum absolute atomic E-state index is 0.0491. The van der Waals surface area contributed by atoms with Crippen LogP contribution in [0.5, 0.6) is 0 Å². The van der Waals surface area contributed by atoms with Crippen molar-refractivity contribution in [2.75, 3.05) is 5.43 Å². The Morgan fingerprint density at radius 2 is 2.09 bits per heavy atom. The highest BCUT2D eigenvalue weighted by atomic mass is 16.4. The molecule has 1 aromatic carbocycles. The van der Waals surface area contributed by atoms with Gasteiger partial charge in [0, 0.05) is 6.20 Å². The second-order valence-corrected chi connectivity index (χ2v) is 4.10. The standard InChI is InChI=1S/C13H11N7O2/c14-7-11(12(15)16)18-17-8-1-3-9(4-2-8)20-6-5-10(19-20)13(21)22/h1-6,17H,(H3,15,16)(H,21,22)/b18-11+. The summed E-state index contributed by atoms with van der Waals surface area (Å²) in [7, 11) is 0. The summed E-state index contributed by atoms with van der Waals surface area (Å²) >= 11 is 0. The molecule has 0 spiro atoms. The highest BCUT2D eigenvalue weighted by Crippen LogP contribution is 2.13. The number of nitriles is 1. The van der Waals surface area contributed by atoms with E-state index in [0.717, 1.165) is 0 Å². The monoisotopic (exact) mass is 297 g/mol. The first-order chi connectivity index (χ1) is 10.5. The van der Waals surface area contributed by atoms with Crippen molar-refractivity contribution in [1.29, 1.82) is 10.7 Å². The summed E-state index contributed by atoms with van der Waals surface area (Å²) in [5.74, 6) is -1.52. The molecule has 9 nitrogen and oxygen atoms in total. The summed E-state index contributed by atoms with van der Waals surface area (Å²) in [6.45, 7) is 0. The predicted molar refractivity (Wildman–Crippen MR) is 79.1 cm³/mol. The van der Waals surface area contributed by atoms with Gasteiger partial charge in [0.2, 0.25) is 5.71 Å². The Bertz CT molecular complexity index is 783. The number of hydrogen-bond acceptors (Lipinski definition) is 6. The van der Waals surface area contributed by atoms with Crippen molar-refractivity contribution in [2.45, 2.75) is 0 Å². The molecular formula is C13H11N7O2. The van der Waals surface area contributed by atoms with E-state index >= 15 is 0 Å². The van der Waals surface area contributed by atoms with Crippen molar-refractivity contribution in [1.82, 2.24) is 9.78 Å². The molecule has 0 aliphatic rings. The molecule has 110 valence electrons. The number of aromatic nitrogens is 2. The first kappa shape index (κ1) is 14.7. The molecule has 0 atom stereocenters. The number of amidine groups is 1. The summed E-state index contributed by atoms with van der Waals surface area (Å²) in [4.78, 5) is 10.8. The lowest BCUT2D eigenvalue weighted by molar-refractivity contribution is 0.0690. The SMILES string of the molecule is N#C/C(=N\Nc1ccc(-n2ccc(C(=O)O)n2)cc1)C(=N)N. The Hall–Kier alpha value is -3.67. The summed E-state index contributed by atoms with van der Waals surface area (Å²) in [6, 6.07) is 9.79. The van der Waals surface area contributed by atoms with E-state index in [1.54, 1.807) is 30.3 Å². The zero-order valence-electron chi connectivity index (χ0n) is 11.2. The zero-order valence-corrected chi connectivity index (χ0v) is 11.2. The highest BCUT2D eigenvalue weighted by Gasteiger charge is 2.07. The molecule has 1 aromatic heterocycles. The lowest BCUT2D eigenvalue weighted by Crippen LogP contribution is -2.21. The molecule has 0 amide bonds. The van der Waals surface area contributed by atoms with Gasteiger partial charge in [0.15, 0.2) is 11.5 Å². The number of rotatable bonds is 5. The maximum absolute atomic E-state index is 10.8. The third-order valence-electron chi connectivity index (χ3n) is 2.60. The maximum atomic E-state index is 10.8. The fourth-order valence-electron chi connectivity index (χ4n) is 1.54. The van der Waals surface area contributed by atoms with Crippen molar-refractivity contribution in [3.05, 3.63) is 42.2 Å². The van der Waals surface area contributed by atoms with Crippen LogP contribution in [0.15, 0.2) is 41.6 Å². The molecule has 2 rings (SSSR count). The number of benzene rings is 1. The van der Waals surface area contributed by atoms with Gasteiger partial charge in [-0.15, -0.1) is 0 Å². The van der Waals surface area contributed by atoms with E-state index in [4.69, 9.17) is 21.5 Å². The largest absolute Gasteiger partial charge is 0.476 e. The molecule has 0 unspecified atom stereocenters. The molecule has 9 heteroatoms. The fourth-order valence-corrected chi connectivity index (χ4v) is 1.54. The van der Waals surface area contributed by atoms with Crippen LogP contribution in [0.3, 0.4) is 0 Å². The van der Waals surface area contributed by atoms with E-state index in [2.05, 4.69) is 15.6 Å². The predicted octanol–water partition coefficient (Wildman–Crippen LogP) is 0.798. The molecule has 0 saturated carbocycles. The number of carboxylic acids is 1. The van der Waals surface area contributed by atoms with Crippen LogP contribution < -0.4 is 11.2 Å². The van der Waals surface area contributed by atoms with E-state index in [-0.39, 0.29) is 11.4 Å². The van der Waals surface area contributed by atoms with Gasteiger partial charge in [-0.2, -0.15) is 15.5 Å². The van der Waals surface area contributed by atoms with Gasteiger partial charge >= 0.3 is 5.97 Å². The molecule has 5 N–H and O–H groups in total. The molecule has 0 fully saturated rings. The summed E-state index contributed by atoms with van der Waals surface area (Å²) in [5, 5.41) is 32.3. The average molecular weight is 297 g/mol. The molecule has 0 bridgehead atoms. The molecule has 22 heavy (non-hydrogen) atoms. The van der Waals surface area contributed by atoms with E-state index in [0.29, 0.717) is 11.4 Å². The molecular weight excluding hydrogens is 286 g/mol. The topological polar surface area (TPSA) is 153 Å². The number of aromatic carboxylic acids is 1. The van der Waals surface area contributed by atoms with Crippen molar-refractivity contribution in [2.24, 2.45) is 10.8 Å². The maximum Gasteiger partial charge on any atom is 0.356 e. The Morgan fingerprint density at radius 1 is 1.41 bits per heavy atom. The average Bonchev–Trinajstić information content (AvgIpc) is 2.98. The Balaban J connectivity index is 2.15. The Morgan fingerprint density at radius 3 is 2.59 bits per heavy atom. The van der Waals surface area contributed by atoms with Crippen LogP contribution >= 0.6 is 0 Å². The summed E-state index contributed by atoms with van der Waals surface area (Å²) in [5.41, 5.74) is 8.73. The Kier molecular flexibility index (Phi) is 4.14. The van der Waals surface area contributed by atoms with Gasteiger partial charge in [-0.3, -0.25) is 10.8 Å². The molecule has 0 aliphatic heterocycles. The van der Waals surface area contributed by atoms with E-state index in [9.17, 15) is 4.79 Å². The number of hydrogen-bond donors (Lipinski definition) is 4. The highest BCUT2D eigenvalue weighted by molar-refractivity contribution is 6.45. The van der Waals surface area contributed by atoms with Gasteiger partial charge in [-0.25, -0.2) is 9.48 Å². The molecule has 0 radical (unpaired) electrons. The van der Waals surface area contributed by atoms with Gasteiger partial charge in [-0.1, -0.05) is 0 Å². The van der Waals surface area contributed by atoms with Gasteiger partial charge in [-0.05, 0) is 30.3 Å². The first-order valence-electron chi connectivity index (χ1n) is 5.99. The van der Waals surface area contributed by atoms with Crippen LogP contribution in [0.2, 0.25) is 0 Å². The van der Waals surface area contributed by atoms with Gasteiger partial charge in [0.1, 0.15) is 6.07 Å². The third-order valence-corrected chi connectivity index (χ3v) is 2.60. The zero-order chi connectivity index (χ0) is 16.1. The van der Waals surface area contributed by atoms with E-state index in [1.807, 2.05) is 0 Å². The van der Waals surface area contributed by atoms with Crippen LogP contribution in [0, 0.1) is 16.7 Å². The minimum atomic E-state index is -1.10.